The summed E-state index contributed by atoms with van der Waals surface area (Å²) in [6.45, 7) is 2.93. The third-order valence-electron chi connectivity index (χ3n) is 2.76. The fourth-order valence-electron chi connectivity index (χ4n) is 1.76. The first-order valence-corrected chi connectivity index (χ1v) is 6.73. The zero-order chi connectivity index (χ0) is 13.9. The van der Waals surface area contributed by atoms with Crippen LogP contribution in [0.25, 0.3) is 0 Å². The van der Waals surface area contributed by atoms with E-state index in [0.717, 1.165) is 24.8 Å². The number of hydrogen-bond donors (Lipinski definition) is 2. The Morgan fingerprint density at radius 1 is 0.947 bits per heavy atom. The molecule has 0 radical (unpaired) electrons. The molecule has 2 N–H and O–H groups in total. The van der Waals surface area contributed by atoms with Crippen molar-refractivity contribution in [2.45, 2.75) is 32.6 Å². The predicted molar refractivity (Wildman–Crippen MR) is 75.7 cm³/mol. The Bertz CT molecular complexity index is 390. The van der Waals surface area contributed by atoms with Crippen molar-refractivity contribution in [3.05, 3.63) is 35.9 Å². The number of amides is 2. The van der Waals surface area contributed by atoms with Gasteiger partial charge in [-0.2, -0.15) is 0 Å². The summed E-state index contributed by atoms with van der Waals surface area (Å²) in [5.74, 6) is 0.0734. The highest BCUT2D eigenvalue weighted by Crippen LogP contribution is 1.99. The highest BCUT2D eigenvalue weighted by Gasteiger charge is 2.01. The minimum atomic E-state index is 0.0103. The maximum Gasteiger partial charge on any atom is 0.224 e. The van der Waals surface area contributed by atoms with Crippen LogP contribution in [0.15, 0.2) is 30.3 Å². The average Bonchev–Trinajstić information content (AvgIpc) is 2.38. The minimum Gasteiger partial charge on any atom is -0.356 e. The third kappa shape index (κ3) is 7.97. The van der Waals surface area contributed by atoms with Crippen molar-refractivity contribution in [2.75, 3.05) is 13.1 Å². The van der Waals surface area contributed by atoms with E-state index in [2.05, 4.69) is 10.6 Å². The van der Waals surface area contributed by atoms with E-state index in [0.29, 0.717) is 19.5 Å². The Morgan fingerprint density at radius 3 is 2.21 bits per heavy atom. The van der Waals surface area contributed by atoms with Crippen LogP contribution in [-0.4, -0.2) is 24.9 Å². The van der Waals surface area contributed by atoms with Gasteiger partial charge in [-0.15, -0.1) is 0 Å². The topological polar surface area (TPSA) is 58.2 Å². The molecule has 0 saturated heterocycles. The Hall–Kier alpha value is -1.84. The van der Waals surface area contributed by atoms with Crippen LogP contribution >= 0.6 is 0 Å². The van der Waals surface area contributed by atoms with Gasteiger partial charge in [0.1, 0.15) is 0 Å². The number of rotatable bonds is 8. The number of unbranched alkanes of at least 4 members (excludes halogenated alkanes) is 2. The van der Waals surface area contributed by atoms with Gasteiger partial charge in [0.2, 0.25) is 11.8 Å². The van der Waals surface area contributed by atoms with Crippen molar-refractivity contribution in [2.24, 2.45) is 0 Å². The third-order valence-corrected chi connectivity index (χ3v) is 2.76. The summed E-state index contributed by atoms with van der Waals surface area (Å²) in [5.41, 5.74) is 1.03. The number of benzene rings is 1. The van der Waals surface area contributed by atoms with Crippen molar-refractivity contribution in [3.8, 4) is 0 Å². The van der Waals surface area contributed by atoms with E-state index < -0.39 is 0 Å². The van der Waals surface area contributed by atoms with Crippen molar-refractivity contribution < 1.29 is 9.59 Å². The summed E-state index contributed by atoms with van der Waals surface area (Å²) in [5, 5.41) is 5.66. The molecule has 0 bridgehead atoms. The summed E-state index contributed by atoms with van der Waals surface area (Å²) in [6.07, 6.45) is 3.34. The van der Waals surface area contributed by atoms with Crippen molar-refractivity contribution >= 4 is 11.8 Å². The lowest BCUT2D eigenvalue weighted by molar-refractivity contribution is -0.120. The Labute approximate surface area is 114 Å². The van der Waals surface area contributed by atoms with E-state index in [1.165, 1.54) is 6.92 Å². The largest absolute Gasteiger partial charge is 0.356 e. The molecule has 104 valence electrons. The lowest BCUT2D eigenvalue weighted by atomic mass is 10.1. The standard InChI is InChI=1S/C15H22N2O2/c1-13(18)16-10-6-3-7-11-17-15(19)12-14-8-4-2-5-9-14/h2,4-5,8-9H,3,6-7,10-12H2,1H3,(H,16,18)(H,17,19). The molecule has 0 atom stereocenters. The smallest absolute Gasteiger partial charge is 0.224 e. The summed E-state index contributed by atoms with van der Waals surface area (Å²) in [6, 6.07) is 9.71. The molecule has 0 aliphatic rings. The molecular formula is C15H22N2O2. The van der Waals surface area contributed by atoms with Gasteiger partial charge >= 0.3 is 0 Å². The van der Waals surface area contributed by atoms with E-state index >= 15 is 0 Å². The summed E-state index contributed by atoms with van der Waals surface area (Å²) in [4.78, 5) is 22.2. The molecule has 0 aromatic heterocycles. The van der Waals surface area contributed by atoms with Crippen LogP contribution in [0.2, 0.25) is 0 Å². The van der Waals surface area contributed by atoms with Gasteiger partial charge in [0.25, 0.3) is 0 Å². The zero-order valence-electron chi connectivity index (χ0n) is 11.4. The molecule has 2 amide bonds. The van der Waals surface area contributed by atoms with Crippen molar-refractivity contribution in [1.82, 2.24) is 10.6 Å². The maximum absolute atomic E-state index is 11.6. The van der Waals surface area contributed by atoms with Crippen LogP contribution in [0.3, 0.4) is 0 Å². The van der Waals surface area contributed by atoms with Crippen LogP contribution < -0.4 is 10.6 Å². The predicted octanol–water partition coefficient (Wildman–Crippen LogP) is 1.65. The minimum absolute atomic E-state index is 0.0103. The van der Waals surface area contributed by atoms with Gasteiger partial charge in [-0.1, -0.05) is 30.3 Å². The van der Waals surface area contributed by atoms with Crippen LogP contribution in [0.5, 0.6) is 0 Å². The molecule has 4 heteroatoms. The molecule has 1 rings (SSSR count). The van der Waals surface area contributed by atoms with Crippen LogP contribution in [-0.2, 0) is 16.0 Å². The second-order valence-electron chi connectivity index (χ2n) is 4.56. The quantitative estimate of drug-likeness (QED) is 0.700. The highest BCUT2D eigenvalue weighted by atomic mass is 16.2. The van der Waals surface area contributed by atoms with Gasteiger partial charge in [0.05, 0.1) is 6.42 Å². The molecule has 0 heterocycles. The molecular weight excluding hydrogens is 240 g/mol. The van der Waals surface area contributed by atoms with Crippen LogP contribution in [0.4, 0.5) is 0 Å². The van der Waals surface area contributed by atoms with Gasteiger partial charge in [0, 0.05) is 20.0 Å². The molecule has 0 unspecified atom stereocenters. The Morgan fingerprint density at radius 2 is 1.58 bits per heavy atom. The highest BCUT2D eigenvalue weighted by molar-refractivity contribution is 5.78. The molecule has 4 nitrogen and oxygen atoms in total. The van der Waals surface area contributed by atoms with Crippen LogP contribution in [0.1, 0.15) is 31.7 Å². The van der Waals surface area contributed by atoms with Gasteiger partial charge in [0.15, 0.2) is 0 Å². The van der Waals surface area contributed by atoms with Gasteiger partial charge in [-0.25, -0.2) is 0 Å². The molecule has 0 spiro atoms. The summed E-state index contributed by atoms with van der Waals surface area (Å²) < 4.78 is 0. The second kappa shape index (κ2) is 9.14. The molecule has 0 aliphatic carbocycles. The fourth-order valence-corrected chi connectivity index (χ4v) is 1.76. The summed E-state index contributed by atoms with van der Waals surface area (Å²) >= 11 is 0. The second-order valence-corrected chi connectivity index (χ2v) is 4.56. The molecule has 0 saturated carbocycles. The van der Waals surface area contributed by atoms with Crippen LogP contribution in [0, 0.1) is 0 Å². The first-order chi connectivity index (χ1) is 9.18. The molecule has 19 heavy (non-hydrogen) atoms. The average molecular weight is 262 g/mol. The SMILES string of the molecule is CC(=O)NCCCCCNC(=O)Cc1ccccc1. The maximum atomic E-state index is 11.6. The number of carbonyl (C=O) groups is 2. The zero-order valence-corrected chi connectivity index (χ0v) is 11.4. The van der Waals surface area contributed by atoms with E-state index in [1.807, 2.05) is 30.3 Å². The molecule has 1 aromatic carbocycles. The summed E-state index contributed by atoms with van der Waals surface area (Å²) in [7, 11) is 0. The van der Waals surface area contributed by atoms with E-state index in [-0.39, 0.29) is 11.8 Å². The Kier molecular flexibility index (Phi) is 7.32. The molecule has 1 aromatic rings. The van der Waals surface area contributed by atoms with Gasteiger partial charge in [-0.05, 0) is 24.8 Å². The monoisotopic (exact) mass is 262 g/mol. The molecule has 0 aliphatic heterocycles. The normalized spacial score (nSPS) is 9.95. The lowest BCUT2D eigenvalue weighted by Crippen LogP contribution is -2.26. The van der Waals surface area contributed by atoms with Crippen molar-refractivity contribution in [3.63, 3.8) is 0 Å². The van der Waals surface area contributed by atoms with E-state index in [9.17, 15) is 9.59 Å². The van der Waals surface area contributed by atoms with E-state index in [4.69, 9.17) is 0 Å². The number of hydrogen-bond acceptors (Lipinski definition) is 2. The first kappa shape index (κ1) is 15.2. The van der Waals surface area contributed by atoms with Gasteiger partial charge < -0.3 is 10.6 Å². The number of carbonyl (C=O) groups excluding carboxylic acids is 2. The lowest BCUT2D eigenvalue weighted by Gasteiger charge is -2.05. The van der Waals surface area contributed by atoms with Crippen molar-refractivity contribution in [1.29, 1.82) is 0 Å². The molecule has 0 fully saturated rings. The Balaban J connectivity index is 2.00. The fraction of sp³-hybridized carbons (Fsp3) is 0.467. The first-order valence-electron chi connectivity index (χ1n) is 6.73. The van der Waals surface area contributed by atoms with Gasteiger partial charge in [-0.3, -0.25) is 9.59 Å². The number of nitrogens with one attached hydrogen (secondary N) is 2. The van der Waals surface area contributed by atoms with E-state index in [1.54, 1.807) is 0 Å².